The molecule has 6 heteroatoms. The molecule has 1 atom stereocenters. The maximum absolute atomic E-state index is 11.2. The summed E-state index contributed by atoms with van der Waals surface area (Å²) in [6, 6.07) is 0. The number of hydrogen-bond donors (Lipinski definition) is 3. The lowest BCUT2D eigenvalue weighted by Gasteiger charge is -2.13. The van der Waals surface area contributed by atoms with E-state index in [2.05, 4.69) is 15.5 Å². The summed E-state index contributed by atoms with van der Waals surface area (Å²) < 4.78 is 0. The predicted octanol–water partition coefficient (Wildman–Crippen LogP) is 0.832. The molecule has 0 saturated carbocycles. The summed E-state index contributed by atoms with van der Waals surface area (Å²) in [5.74, 6) is -0.749. The first-order valence-corrected chi connectivity index (χ1v) is 5.39. The maximum atomic E-state index is 11.2. The zero-order chi connectivity index (χ0) is 13.0. The lowest BCUT2D eigenvalue weighted by atomic mass is 10.1. The van der Waals surface area contributed by atoms with Gasteiger partial charge in [0.25, 0.3) is 0 Å². The molecule has 6 nitrogen and oxygen atoms in total. The smallest absolute Gasteiger partial charge is 0.339 e. The standard InChI is InChI=1S/C11H17N3O3/c1-6(5-15)4-12-10-9(11(16)17)7(2)8(3)13-14-10/h6,15H,4-5H2,1-3H3,(H,12,14)(H,16,17). The minimum Gasteiger partial charge on any atom is -0.478 e. The minimum atomic E-state index is -1.03. The van der Waals surface area contributed by atoms with Gasteiger partial charge in [-0.2, -0.15) is 5.10 Å². The van der Waals surface area contributed by atoms with Gasteiger partial charge in [-0.1, -0.05) is 6.92 Å². The highest BCUT2D eigenvalue weighted by Gasteiger charge is 2.17. The van der Waals surface area contributed by atoms with Crippen LogP contribution in [-0.4, -0.2) is 39.5 Å². The molecule has 0 amide bonds. The number of hydrogen-bond acceptors (Lipinski definition) is 5. The number of aromatic nitrogens is 2. The third kappa shape index (κ3) is 3.13. The molecule has 17 heavy (non-hydrogen) atoms. The van der Waals surface area contributed by atoms with Crippen molar-refractivity contribution in [1.82, 2.24) is 10.2 Å². The number of nitrogens with zero attached hydrogens (tertiary/aromatic N) is 2. The van der Waals surface area contributed by atoms with E-state index in [0.29, 0.717) is 17.8 Å². The Morgan fingerprint density at radius 1 is 1.41 bits per heavy atom. The van der Waals surface area contributed by atoms with Crippen LogP contribution in [0.25, 0.3) is 0 Å². The van der Waals surface area contributed by atoms with Gasteiger partial charge >= 0.3 is 5.97 Å². The van der Waals surface area contributed by atoms with E-state index in [0.717, 1.165) is 0 Å². The zero-order valence-electron chi connectivity index (χ0n) is 10.2. The molecule has 0 fully saturated rings. The van der Waals surface area contributed by atoms with Crippen LogP contribution in [0.5, 0.6) is 0 Å². The van der Waals surface area contributed by atoms with Crippen LogP contribution in [0.3, 0.4) is 0 Å². The molecule has 1 unspecified atom stereocenters. The average molecular weight is 239 g/mol. The fraction of sp³-hybridized carbons (Fsp3) is 0.545. The van der Waals surface area contributed by atoms with Crippen LogP contribution in [-0.2, 0) is 0 Å². The minimum absolute atomic E-state index is 0.0278. The van der Waals surface area contributed by atoms with Crippen LogP contribution in [0.2, 0.25) is 0 Å². The van der Waals surface area contributed by atoms with Gasteiger partial charge in [-0.3, -0.25) is 0 Å². The topological polar surface area (TPSA) is 95.3 Å². The Hall–Kier alpha value is -1.69. The fourth-order valence-corrected chi connectivity index (χ4v) is 1.33. The molecule has 0 spiro atoms. The van der Waals surface area contributed by atoms with Crippen LogP contribution >= 0.6 is 0 Å². The number of carbonyl (C=O) groups is 1. The molecule has 3 N–H and O–H groups in total. The van der Waals surface area contributed by atoms with E-state index in [1.54, 1.807) is 13.8 Å². The summed E-state index contributed by atoms with van der Waals surface area (Å²) in [4.78, 5) is 11.2. The summed E-state index contributed by atoms with van der Waals surface area (Å²) in [6.45, 7) is 5.76. The number of rotatable bonds is 5. The average Bonchev–Trinajstić information content (AvgIpc) is 2.29. The van der Waals surface area contributed by atoms with Gasteiger partial charge in [0.2, 0.25) is 0 Å². The van der Waals surface area contributed by atoms with E-state index in [4.69, 9.17) is 10.2 Å². The second-order valence-corrected chi connectivity index (χ2v) is 4.11. The van der Waals surface area contributed by atoms with Gasteiger partial charge < -0.3 is 15.5 Å². The van der Waals surface area contributed by atoms with Gasteiger partial charge in [-0.05, 0) is 25.3 Å². The molecule has 0 aromatic carbocycles. The Morgan fingerprint density at radius 3 is 2.59 bits per heavy atom. The number of carboxylic acids is 1. The zero-order valence-corrected chi connectivity index (χ0v) is 10.2. The Balaban J connectivity index is 2.99. The van der Waals surface area contributed by atoms with Crippen molar-refractivity contribution in [2.45, 2.75) is 20.8 Å². The first kappa shape index (κ1) is 13.4. The normalized spacial score (nSPS) is 12.2. The monoisotopic (exact) mass is 239 g/mol. The van der Waals surface area contributed by atoms with Crippen LogP contribution in [0.4, 0.5) is 5.82 Å². The van der Waals surface area contributed by atoms with E-state index < -0.39 is 5.97 Å². The summed E-state index contributed by atoms with van der Waals surface area (Å²) in [6.07, 6.45) is 0. The maximum Gasteiger partial charge on any atom is 0.339 e. The number of aryl methyl sites for hydroxylation is 1. The Bertz CT molecular complexity index is 421. The van der Waals surface area contributed by atoms with Crippen molar-refractivity contribution in [2.75, 3.05) is 18.5 Å². The lowest BCUT2D eigenvalue weighted by Crippen LogP contribution is -2.19. The second kappa shape index (κ2) is 5.58. The van der Waals surface area contributed by atoms with Crippen molar-refractivity contribution in [3.63, 3.8) is 0 Å². The summed E-state index contributed by atoms with van der Waals surface area (Å²) in [7, 11) is 0. The summed E-state index contributed by atoms with van der Waals surface area (Å²) >= 11 is 0. The van der Waals surface area contributed by atoms with Crippen molar-refractivity contribution in [1.29, 1.82) is 0 Å². The molecule has 1 aromatic heterocycles. The number of nitrogens with one attached hydrogen (secondary N) is 1. The molecular weight excluding hydrogens is 222 g/mol. The molecule has 0 bridgehead atoms. The highest BCUT2D eigenvalue weighted by atomic mass is 16.4. The van der Waals surface area contributed by atoms with E-state index in [1.807, 2.05) is 6.92 Å². The fourth-order valence-electron chi connectivity index (χ4n) is 1.33. The number of aliphatic hydroxyl groups excluding tert-OH is 1. The van der Waals surface area contributed by atoms with Crippen LogP contribution in [0.15, 0.2) is 0 Å². The van der Waals surface area contributed by atoms with Gasteiger partial charge in [-0.25, -0.2) is 4.79 Å². The largest absolute Gasteiger partial charge is 0.478 e. The third-order valence-corrected chi connectivity index (χ3v) is 2.60. The van der Waals surface area contributed by atoms with Crippen LogP contribution in [0, 0.1) is 19.8 Å². The molecule has 0 aliphatic heterocycles. The van der Waals surface area contributed by atoms with Gasteiger partial charge in [-0.15, -0.1) is 5.10 Å². The van der Waals surface area contributed by atoms with Crippen molar-refractivity contribution in [3.05, 3.63) is 16.8 Å². The first-order valence-electron chi connectivity index (χ1n) is 5.39. The van der Waals surface area contributed by atoms with Gasteiger partial charge in [0.15, 0.2) is 5.82 Å². The quantitative estimate of drug-likeness (QED) is 0.704. The van der Waals surface area contributed by atoms with E-state index in [9.17, 15) is 4.79 Å². The number of aromatic carboxylic acids is 1. The highest BCUT2D eigenvalue weighted by Crippen LogP contribution is 2.18. The Labute approximate surface area is 99.7 Å². The molecule has 0 aliphatic rings. The second-order valence-electron chi connectivity index (χ2n) is 4.11. The Morgan fingerprint density at radius 2 is 2.06 bits per heavy atom. The predicted molar refractivity (Wildman–Crippen MR) is 63.2 cm³/mol. The number of aliphatic hydroxyl groups is 1. The molecule has 0 saturated heterocycles. The molecule has 1 aromatic rings. The lowest BCUT2D eigenvalue weighted by molar-refractivity contribution is 0.0696. The van der Waals surface area contributed by atoms with E-state index >= 15 is 0 Å². The molecular formula is C11H17N3O3. The first-order chi connectivity index (χ1) is 7.97. The summed E-state index contributed by atoms with van der Waals surface area (Å²) in [5, 5.41) is 28.7. The van der Waals surface area contributed by atoms with E-state index in [-0.39, 0.29) is 23.9 Å². The highest BCUT2D eigenvalue weighted by molar-refractivity contribution is 5.94. The molecule has 1 rings (SSSR count). The number of carboxylic acid groups (broad SMARTS) is 1. The molecule has 0 aliphatic carbocycles. The van der Waals surface area contributed by atoms with Crippen molar-refractivity contribution >= 4 is 11.8 Å². The molecule has 0 radical (unpaired) electrons. The van der Waals surface area contributed by atoms with Crippen molar-refractivity contribution < 1.29 is 15.0 Å². The number of anilines is 1. The third-order valence-electron chi connectivity index (χ3n) is 2.60. The van der Waals surface area contributed by atoms with Gasteiger partial charge in [0.05, 0.1) is 5.69 Å². The van der Waals surface area contributed by atoms with E-state index in [1.165, 1.54) is 0 Å². The van der Waals surface area contributed by atoms with Crippen molar-refractivity contribution in [2.24, 2.45) is 5.92 Å². The van der Waals surface area contributed by atoms with Gasteiger partial charge in [0, 0.05) is 13.2 Å². The molecule has 1 heterocycles. The summed E-state index contributed by atoms with van der Waals surface area (Å²) in [5.41, 5.74) is 1.34. The Kier molecular flexibility index (Phi) is 4.39. The van der Waals surface area contributed by atoms with Crippen molar-refractivity contribution in [3.8, 4) is 0 Å². The van der Waals surface area contributed by atoms with Crippen LogP contribution in [0.1, 0.15) is 28.5 Å². The van der Waals surface area contributed by atoms with Crippen LogP contribution < -0.4 is 5.32 Å². The molecule has 94 valence electrons. The SMILES string of the molecule is Cc1nnc(NCC(C)CO)c(C(=O)O)c1C. The van der Waals surface area contributed by atoms with Gasteiger partial charge in [0.1, 0.15) is 5.56 Å².